The minimum Gasteiger partial charge on any atom is -0.424 e. The molecule has 1 aromatic carbocycles. The van der Waals surface area contributed by atoms with Crippen LogP contribution in [-0.2, 0) is 13.6 Å². The molecule has 0 amide bonds. The fourth-order valence-corrected chi connectivity index (χ4v) is 3.93. The summed E-state index contributed by atoms with van der Waals surface area (Å²) >= 11 is 0. The Hall–Kier alpha value is -3.13. The summed E-state index contributed by atoms with van der Waals surface area (Å²) in [5, 5.41) is 17.6. The number of imidazole rings is 1. The van der Waals surface area contributed by atoms with Crippen molar-refractivity contribution in [2.45, 2.75) is 44.4 Å². The summed E-state index contributed by atoms with van der Waals surface area (Å²) in [4.78, 5) is 8.99. The van der Waals surface area contributed by atoms with E-state index in [9.17, 15) is 5.11 Å². The number of aliphatic hydroxyl groups is 1. The van der Waals surface area contributed by atoms with E-state index in [0.29, 0.717) is 12.6 Å². The van der Waals surface area contributed by atoms with Crippen molar-refractivity contribution in [3.63, 3.8) is 0 Å². The number of oxazole rings is 1. The van der Waals surface area contributed by atoms with Gasteiger partial charge in [-0.15, -0.1) is 0 Å². The van der Waals surface area contributed by atoms with Gasteiger partial charge in [0.05, 0.1) is 30.4 Å². The Balaban J connectivity index is 1.32. The van der Waals surface area contributed by atoms with E-state index in [4.69, 9.17) is 4.42 Å². The first kappa shape index (κ1) is 17.9. The summed E-state index contributed by atoms with van der Waals surface area (Å²) in [6.07, 6.45) is 11.2. The quantitative estimate of drug-likeness (QED) is 0.542. The van der Waals surface area contributed by atoms with Crippen LogP contribution in [-0.4, -0.2) is 41.6 Å². The van der Waals surface area contributed by atoms with Crippen LogP contribution in [0, 0.1) is 0 Å². The van der Waals surface area contributed by atoms with Gasteiger partial charge in [-0.1, -0.05) is 18.9 Å². The van der Waals surface area contributed by atoms with Gasteiger partial charge in [-0.25, -0.2) is 4.98 Å². The average Bonchev–Trinajstić information content (AvgIpc) is 3.43. The number of anilines is 1. The molecule has 1 saturated carbocycles. The molecule has 0 saturated heterocycles. The van der Waals surface area contributed by atoms with Crippen molar-refractivity contribution in [1.29, 1.82) is 0 Å². The number of hydrogen-bond donors (Lipinski definition) is 2. The van der Waals surface area contributed by atoms with E-state index in [1.54, 1.807) is 4.68 Å². The van der Waals surface area contributed by atoms with E-state index in [1.165, 1.54) is 0 Å². The lowest BCUT2D eigenvalue weighted by Crippen LogP contribution is -2.36. The molecule has 3 aromatic heterocycles. The molecule has 5 rings (SSSR count). The highest BCUT2D eigenvalue weighted by Crippen LogP contribution is 2.25. The van der Waals surface area contributed by atoms with Crippen LogP contribution >= 0.6 is 0 Å². The van der Waals surface area contributed by atoms with Gasteiger partial charge in [-0.3, -0.25) is 4.68 Å². The molecule has 0 aliphatic heterocycles. The Morgan fingerprint density at radius 2 is 2.14 bits per heavy atom. The fourth-order valence-electron chi connectivity index (χ4n) is 3.93. The number of hydrogen-bond acceptors (Lipinski definition) is 6. The maximum Gasteiger partial charge on any atom is 0.295 e. The SMILES string of the molecule is Cn1cc(-c2cn(Cc3ccc4nc(N[C@@H]5CCCC[C@H]5O)oc4c3)cn2)cn1. The van der Waals surface area contributed by atoms with Crippen LogP contribution in [0.25, 0.3) is 22.4 Å². The second-order valence-electron chi connectivity index (χ2n) is 7.76. The lowest BCUT2D eigenvalue weighted by atomic mass is 9.93. The average molecular weight is 392 g/mol. The maximum atomic E-state index is 10.2. The minimum absolute atomic E-state index is 0.00753. The predicted molar refractivity (Wildman–Crippen MR) is 109 cm³/mol. The maximum absolute atomic E-state index is 10.2. The van der Waals surface area contributed by atoms with Gasteiger partial charge in [0, 0.05) is 31.5 Å². The Morgan fingerprint density at radius 3 is 2.97 bits per heavy atom. The highest BCUT2D eigenvalue weighted by molar-refractivity contribution is 5.75. The van der Waals surface area contributed by atoms with Crippen molar-refractivity contribution in [2.24, 2.45) is 7.05 Å². The molecule has 0 bridgehead atoms. The number of aliphatic hydroxyl groups excluding tert-OH is 1. The fraction of sp³-hybridized carbons (Fsp3) is 0.381. The molecule has 8 heteroatoms. The second kappa shape index (κ2) is 7.36. The van der Waals surface area contributed by atoms with Crippen molar-refractivity contribution in [2.75, 3.05) is 5.32 Å². The Labute approximate surface area is 168 Å². The van der Waals surface area contributed by atoms with Crippen LogP contribution in [0.15, 0.2) is 47.5 Å². The van der Waals surface area contributed by atoms with Crippen molar-refractivity contribution in [3.8, 4) is 11.3 Å². The van der Waals surface area contributed by atoms with Gasteiger partial charge in [-0.2, -0.15) is 10.1 Å². The standard InChI is InChI=1S/C21H24N6O2/c1-26-11-15(9-23-26)18-12-27(13-22-18)10-14-6-7-17-20(8-14)29-21(25-17)24-16-4-2-3-5-19(16)28/h6-9,11-13,16,19,28H,2-5,10H2,1H3,(H,24,25)/t16-,19-/m1/s1. The number of aryl methyl sites for hydroxylation is 1. The molecule has 0 unspecified atom stereocenters. The lowest BCUT2D eigenvalue weighted by molar-refractivity contribution is 0.115. The van der Waals surface area contributed by atoms with E-state index >= 15 is 0 Å². The summed E-state index contributed by atoms with van der Waals surface area (Å²) in [6.45, 7) is 0.688. The van der Waals surface area contributed by atoms with Crippen molar-refractivity contribution >= 4 is 17.1 Å². The third-order valence-corrected chi connectivity index (χ3v) is 5.49. The zero-order valence-corrected chi connectivity index (χ0v) is 16.3. The summed E-state index contributed by atoms with van der Waals surface area (Å²) < 4.78 is 9.71. The number of rotatable bonds is 5. The topological polar surface area (TPSA) is 93.9 Å². The molecule has 8 nitrogen and oxygen atoms in total. The highest BCUT2D eigenvalue weighted by Gasteiger charge is 2.24. The van der Waals surface area contributed by atoms with Gasteiger partial charge >= 0.3 is 0 Å². The van der Waals surface area contributed by atoms with Crippen LogP contribution in [0.5, 0.6) is 0 Å². The molecular formula is C21H24N6O2. The molecule has 0 spiro atoms. The summed E-state index contributed by atoms with van der Waals surface area (Å²) in [5.41, 5.74) is 4.55. The zero-order chi connectivity index (χ0) is 19.8. The normalized spacial score (nSPS) is 19.7. The van der Waals surface area contributed by atoms with Crippen LogP contribution < -0.4 is 5.32 Å². The van der Waals surface area contributed by atoms with Gasteiger partial charge in [0.25, 0.3) is 6.01 Å². The molecule has 1 aliphatic rings. The summed E-state index contributed by atoms with van der Waals surface area (Å²) in [5.74, 6) is 0. The minimum atomic E-state index is -0.343. The Morgan fingerprint density at radius 1 is 1.24 bits per heavy atom. The van der Waals surface area contributed by atoms with E-state index in [2.05, 4.69) is 20.4 Å². The van der Waals surface area contributed by atoms with Crippen molar-refractivity contribution in [1.82, 2.24) is 24.3 Å². The smallest absolute Gasteiger partial charge is 0.295 e. The molecule has 3 heterocycles. The molecule has 29 heavy (non-hydrogen) atoms. The van der Waals surface area contributed by atoms with E-state index < -0.39 is 0 Å². The third kappa shape index (κ3) is 3.75. The van der Waals surface area contributed by atoms with E-state index in [1.807, 2.05) is 54.7 Å². The van der Waals surface area contributed by atoms with E-state index in [-0.39, 0.29) is 12.1 Å². The van der Waals surface area contributed by atoms with Gasteiger partial charge in [0.2, 0.25) is 0 Å². The van der Waals surface area contributed by atoms with Crippen LogP contribution in [0.1, 0.15) is 31.2 Å². The van der Waals surface area contributed by atoms with Gasteiger partial charge in [0.15, 0.2) is 5.58 Å². The molecular weight excluding hydrogens is 368 g/mol. The first-order valence-electron chi connectivity index (χ1n) is 9.99. The second-order valence-corrected chi connectivity index (χ2v) is 7.76. The van der Waals surface area contributed by atoms with E-state index in [0.717, 1.165) is 53.6 Å². The molecule has 0 radical (unpaired) electrons. The Bertz CT molecular complexity index is 1130. The molecule has 150 valence electrons. The highest BCUT2D eigenvalue weighted by atomic mass is 16.4. The number of benzene rings is 1. The molecule has 1 fully saturated rings. The summed E-state index contributed by atoms with van der Waals surface area (Å²) in [7, 11) is 1.89. The van der Waals surface area contributed by atoms with Crippen molar-refractivity contribution in [3.05, 3.63) is 48.7 Å². The molecule has 2 N–H and O–H groups in total. The van der Waals surface area contributed by atoms with Crippen LogP contribution in [0.2, 0.25) is 0 Å². The largest absolute Gasteiger partial charge is 0.424 e. The molecule has 4 aromatic rings. The van der Waals surface area contributed by atoms with Gasteiger partial charge < -0.3 is 19.4 Å². The number of nitrogens with one attached hydrogen (secondary N) is 1. The number of nitrogens with zero attached hydrogens (tertiary/aromatic N) is 5. The number of fused-ring (bicyclic) bond motifs is 1. The molecule has 1 aliphatic carbocycles. The monoisotopic (exact) mass is 392 g/mol. The first-order chi connectivity index (χ1) is 14.1. The number of aromatic nitrogens is 5. The van der Waals surface area contributed by atoms with Gasteiger partial charge in [0.1, 0.15) is 5.52 Å². The summed E-state index contributed by atoms with van der Waals surface area (Å²) in [6, 6.07) is 6.51. The van der Waals surface area contributed by atoms with Crippen LogP contribution in [0.3, 0.4) is 0 Å². The third-order valence-electron chi connectivity index (χ3n) is 5.49. The zero-order valence-electron chi connectivity index (χ0n) is 16.3. The predicted octanol–water partition coefficient (Wildman–Crippen LogP) is 3.19. The lowest BCUT2D eigenvalue weighted by Gasteiger charge is -2.27. The Kier molecular flexibility index (Phi) is 4.55. The first-order valence-corrected chi connectivity index (χ1v) is 9.99. The van der Waals surface area contributed by atoms with Gasteiger partial charge in [-0.05, 0) is 30.5 Å². The molecule has 2 atom stereocenters. The van der Waals surface area contributed by atoms with Crippen LogP contribution in [0.4, 0.5) is 6.01 Å². The van der Waals surface area contributed by atoms with Crippen molar-refractivity contribution < 1.29 is 9.52 Å².